The van der Waals surface area contributed by atoms with Gasteiger partial charge in [0.2, 0.25) is 0 Å². The topological polar surface area (TPSA) is 26.0 Å². The third-order valence-electron chi connectivity index (χ3n) is 2.99. The highest BCUT2D eigenvalue weighted by atomic mass is 35.5. The number of rotatable bonds is 4. The lowest BCUT2D eigenvalue weighted by Crippen LogP contribution is -2.32. The molecule has 0 aromatic heterocycles. The summed E-state index contributed by atoms with van der Waals surface area (Å²) in [6.07, 6.45) is 0.795. The third-order valence-corrected chi connectivity index (χ3v) is 3.29. The van der Waals surface area contributed by atoms with E-state index in [4.69, 9.17) is 17.3 Å². The van der Waals surface area contributed by atoms with E-state index in [-0.39, 0.29) is 16.9 Å². The summed E-state index contributed by atoms with van der Waals surface area (Å²) < 4.78 is 13.3. The molecule has 1 aromatic rings. The van der Waals surface area contributed by atoms with Crippen molar-refractivity contribution in [1.29, 1.82) is 0 Å². The second-order valence-corrected chi connectivity index (χ2v) is 5.13. The van der Waals surface area contributed by atoms with Crippen molar-refractivity contribution in [2.75, 3.05) is 0 Å². The predicted octanol–water partition coefficient (Wildman–Crippen LogP) is 3.64. The minimum absolute atomic E-state index is 0.110. The highest BCUT2D eigenvalue weighted by Gasteiger charge is 2.18. The van der Waals surface area contributed by atoms with Crippen LogP contribution in [0.1, 0.15) is 26.3 Å². The molecule has 3 heteroatoms. The van der Waals surface area contributed by atoms with Gasteiger partial charge in [0, 0.05) is 6.04 Å². The van der Waals surface area contributed by atoms with E-state index < -0.39 is 0 Å². The summed E-state index contributed by atoms with van der Waals surface area (Å²) >= 11 is 5.64. The molecule has 1 nitrogen and oxygen atoms in total. The number of halogens is 2. The highest BCUT2D eigenvalue weighted by Crippen LogP contribution is 2.22. The standard InChI is InChI=1S/C13H19ClFN/c1-8(2)11(9(3)16)6-10-4-5-12(14)13(15)7-10/h4-5,7-9,11H,6,16H2,1-3H3. The third kappa shape index (κ3) is 3.46. The average Bonchev–Trinajstić information content (AvgIpc) is 2.18. The lowest BCUT2D eigenvalue weighted by Gasteiger charge is -2.24. The van der Waals surface area contributed by atoms with Crippen molar-refractivity contribution in [3.05, 3.63) is 34.6 Å². The van der Waals surface area contributed by atoms with Crippen LogP contribution in [0, 0.1) is 17.7 Å². The van der Waals surface area contributed by atoms with Gasteiger partial charge in [-0.2, -0.15) is 0 Å². The van der Waals surface area contributed by atoms with Crippen molar-refractivity contribution in [2.45, 2.75) is 33.2 Å². The van der Waals surface area contributed by atoms with E-state index >= 15 is 0 Å². The first-order chi connectivity index (χ1) is 7.41. The van der Waals surface area contributed by atoms with Gasteiger partial charge in [0.05, 0.1) is 5.02 Å². The highest BCUT2D eigenvalue weighted by molar-refractivity contribution is 6.30. The van der Waals surface area contributed by atoms with Gasteiger partial charge in [0.1, 0.15) is 5.82 Å². The Labute approximate surface area is 102 Å². The second kappa shape index (κ2) is 5.65. The largest absolute Gasteiger partial charge is 0.328 e. The van der Waals surface area contributed by atoms with Crippen LogP contribution in [0.4, 0.5) is 4.39 Å². The predicted molar refractivity (Wildman–Crippen MR) is 67.1 cm³/mol. The van der Waals surface area contributed by atoms with Crippen molar-refractivity contribution in [2.24, 2.45) is 17.6 Å². The molecule has 0 aliphatic rings. The lowest BCUT2D eigenvalue weighted by atomic mass is 9.84. The molecule has 0 aliphatic carbocycles. The molecule has 1 rings (SSSR count). The Morgan fingerprint density at radius 1 is 1.31 bits per heavy atom. The zero-order valence-corrected chi connectivity index (χ0v) is 10.8. The molecule has 2 N–H and O–H groups in total. The first-order valence-corrected chi connectivity index (χ1v) is 5.99. The van der Waals surface area contributed by atoms with Crippen LogP contribution in [0.5, 0.6) is 0 Å². The maximum absolute atomic E-state index is 13.3. The monoisotopic (exact) mass is 243 g/mol. The van der Waals surface area contributed by atoms with E-state index in [1.54, 1.807) is 6.07 Å². The Morgan fingerprint density at radius 2 is 1.94 bits per heavy atom. The SMILES string of the molecule is CC(C)C(Cc1ccc(Cl)c(F)c1)C(C)N. The van der Waals surface area contributed by atoms with Crippen LogP contribution in [0.15, 0.2) is 18.2 Å². The quantitative estimate of drug-likeness (QED) is 0.859. The van der Waals surface area contributed by atoms with Crippen LogP contribution >= 0.6 is 11.6 Å². The van der Waals surface area contributed by atoms with Crippen molar-refractivity contribution in [3.63, 3.8) is 0 Å². The molecular formula is C13H19ClFN. The van der Waals surface area contributed by atoms with Gasteiger partial charge in [-0.1, -0.05) is 31.5 Å². The zero-order chi connectivity index (χ0) is 12.3. The lowest BCUT2D eigenvalue weighted by molar-refractivity contribution is 0.329. The maximum Gasteiger partial charge on any atom is 0.142 e. The molecule has 0 radical (unpaired) electrons. The van der Waals surface area contributed by atoms with Gasteiger partial charge < -0.3 is 5.73 Å². The summed E-state index contributed by atoms with van der Waals surface area (Å²) in [5.41, 5.74) is 6.89. The van der Waals surface area contributed by atoms with Crippen LogP contribution < -0.4 is 5.73 Å². The number of hydrogen-bond acceptors (Lipinski definition) is 1. The van der Waals surface area contributed by atoms with Gasteiger partial charge in [0.15, 0.2) is 0 Å². The zero-order valence-electron chi connectivity index (χ0n) is 10.0. The minimum Gasteiger partial charge on any atom is -0.328 e. The van der Waals surface area contributed by atoms with E-state index in [9.17, 15) is 4.39 Å². The van der Waals surface area contributed by atoms with Crippen molar-refractivity contribution in [3.8, 4) is 0 Å². The maximum atomic E-state index is 13.3. The Morgan fingerprint density at radius 3 is 2.38 bits per heavy atom. The second-order valence-electron chi connectivity index (χ2n) is 4.72. The fourth-order valence-corrected chi connectivity index (χ4v) is 2.09. The first kappa shape index (κ1) is 13.5. The van der Waals surface area contributed by atoms with Crippen LogP contribution in [0.2, 0.25) is 5.02 Å². The number of nitrogens with two attached hydrogens (primary N) is 1. The summed E-state index contributed by atoms with van der Waals surface area (Å²) in [6.45, 7) is 6.28. The van der Waals surface area contributed by atoms with Crippen LogP contribution in [-0.4, -0.2) is 6.04 Å². The van der Waals surface area contributed by atoms with E-state index in [1.807, 2.05) is 13.0 Å². The van der Waals surface area contributed by atoms with E-state index in [0.717, 1.165) is 12.0 Å². The Hall–Kier alpha value is -0.600. The summed E-state index contributed by atoms with van der Waals surface area (Å²) in [5, 5.41) is 0.172. The van der Waals surface area contributed by atoms with Gasteiger partial charge >= 0.3 is 0 Å². The molecule has 1 aromatic carbocycles. The summed E-state index contributed by atoms with van der Waals surface area (Å²) in [7, 11) is 0. The van der Waals surface area contributed by atoms with E-state index in [0.29, 0.717) is 11.8 Å². The van der Waals surface area contributed by atoms with Gasteiger partial charge in [-0.05, 0) is 42.9 Å². The van der Waals surface area contributed by atoms with Crippen LogP contribution in [0.25, 0.3) is 0 Å². The Balaban J connectivity index is 2.81. The van der Waals surface area contributed by atoms with Crippen LogP contribution in [-0.2, 0) is 6.42 Å². The first-order valence-electron chi connectivity index (χ1n) is 5.61. The fraction of sp³-hybridized carbons (Fsp3) is 0.538. The van der Waals surface area contributed by atoms with Crippen molar-refractivity contribution >= 4 is 11.6 Å². The molecule has 0 fully saturated rings. The average molecular weight is 244 g/mol. The normalized spacial score (nSPS) is 15.2. The molecule has 0 saturated heterocycles. The molecule has 0 saturated carbocycles. The van der Waals surface area contributed by atoms with Gasteiger partial charge in [0.25, 0.3) is 0 Å². The Kier molecular flexibility index (Phi) is 4.75. The molecule has 16 heavy (non-hydrogen) atoms. The minimum atomic E-state index is -0.355. The molecule has 0 bridgehead atoms. The smallest absolute Gasteiger partial charge is 0.142 e. The molecule has 2 atom stereocenters. The van der Waals surface area contributed by atoms with E-state index in [2.05, 4.69) is 13.8 Å². The van der Waals surface area contributed by atoms with Crippen molar-refractivity contribution in [1.82, 2.24) is 0 Å². The molecule has 90 valence electrons. The molecule has 2 unspecified atom stereocenters. The summed E-state index contributed by atoms with van der Waals surface area (Å²) in [6, 6.07) is 5.08. The van der Waals surface area contributed by atoms with Gasteiger partial charge in [-0.15, -0.1) is 0 Å². The molecular weight excluding hydrogens is 225 g/mol. The van der Waals surface area contributed by atoms with Crippen molar-refractivity contribution < 1.29 is 4.39 Å². The summed E-state index contributed by atoms with van der Waals surface area (Å²) in [4.78, 5) is 0. The Bertz CT molecular complexity index is 342. The molecule has 0 amide bonds. The molecule has 0 heterocycles. The van der Waals surface area contributed by atoms with E-state index in [1.165, 1.54) is 6.07 Å². The van der Waals surface area contributed by atoms with Crippen LogP contribution in [0.3, 0.4) is 0 Å². The fourth-order valence-electron chi connectivity index (χ4n) is 1.97. The van der Waals surface area contributed by atoms with Gasteiger partial charge in [-0.3, -0.25) is 0 Å². The molecule has 0 spiro atoms. The summed E-state index contributed by atoms with van der Waals surface area (Å²) in [5.74, 6) is 0.491. The number of hydrogen-bond donors (Lipinski definition) is 1. The number of benzene rings is 1. The van der Waals surface area contributed by atoms with Gasteiger partial charge in [-0.25, -0.2) is 4.39 Å². The molecule has 0 aliphatic heterocycles.